The van der Waals surface area contributed by atoms with Crippen LogP contribution < -0.4 is 14.5 Å². The van der Waals surface area contributed by atoms with E-state index in [9.17, 15) is 5.02 Å². The lowest BCUT2D eigenvalue weighted by Crippen LogP contribution is -2.47. The van der Waals surface area contributed by atoms with Gasteiger partial charge in [-0.3, -0.25) is 0 Å². The zero-order chi connectivity index (χ0) is 34.8. The SMILES string of the molecule is CCCCCCCCc1cc(OC)ccc1COB([O-])OCc1ccc(OC)cc1CCCCCCCC.CC[N+](CC)(CC)CC. The molecule has 0 radical (unpaired) electrons. The Labute approximate surface area is 290 Å². The summed E-state index contributed by atoms with van der Waals surface area (Å²) in [5.41, 5.74) is 4.42. The van der Waals surface area contributed by atoms with E-state index >= 15 is 0 Å². The van der Waals surface area contributed by atoms with Crippen LogP contribution in [0.5, 0.6) is 11.5 Å². The number of nitrogens with zero attached hydrogens (tertiary/aromatic N) is 1. The lowest BCUT2D eigenvalue weighted by molar-refractivity contribution is -0.921. The number of ether oxygens (including phenoxy) is 2. The maximum Gasteiger partial charge on any atom is 0.345 e. The fourth-order valence-corrected chi connectivity index (χ4v) is 6.10. The normalized spacial score (nSPS) is 11.3. The van der Waals surface area contributed by atoms with Gasteiger partial charge in [0.1, 0.15) is 11.5 Å². The fourth-order valence-electron chi connectivity index (χ4n) is 6.10. The molecule has 0 amide bonds. The van der Waals surface area contributed by atoms with Gasteiger partial charge < -0.3 is 28.3 Å². The van der Waals surface area contributed by atoms with Crippen LogP contribution in [0.25, 0.3) is 0 Å². The van der Waals surface area contributed by atoms with Crippen LogP contribution in [0, 0.1) is 0 Å². The Hall–Kier alpha value is -2.06. The average Bonchev–Trinajstić information content (AvgIpc) is 3.11. The van der Waals surface area contributed by atoms with E-state index < -0.39 is 7.32 Å². The molecule has 0 unspecified atom stereocenters. The van der Waals surface area contributed by atoms with Gasteiger partial charge in [-0.1, -0.05) is 90.2 Å². The first kappa shape index (κ1) is 43.0. The van der Waals surface area contributed by atoms with Crippen molar-refractivity contribution < 1.29 is 28.3 Å². The predicted molar refractivity (Wildman–Crippen MR) is 198 cm³/mol. The summed E-state index contributed by atoms with van der Waals surface area (Å²) in [5.74, 6) is 1.67. The molecule has 0 N–H and O–H groups in total. The number of hydrogen-bond acceptors (Lipinski definition) is 5. The van der Waals surface area contributed by atoms with Crippen LogP contribution in [0.3, 0.4) is 0 Å². The van der Waals surface area contributed by atoms with Crippen LogP contribution in [-0.4, -0.2) is 52.2 Å². The molecule has 0 spiro atoms. The van der Waals surface area contributed by atoms with Crippen molar-refractivity contribution in [2.24, 2.45) is 0 Å². The molecule has 0 saturated carbocycles. The van der Waals surface area contributed by atoms with Gasteiger partial charge in [-0.2, -0.15) is 0 Å². The highest BCUT2D eigenvalue weighted by Gasteiger charge is 2.16. The molecule has 0 heterocycles. The standard InChI is InChI=1S/C32H50BO5.C8H20N/c1-5-7-9-11-13-15-17-27-23-31(35-3)21-19-29(27)25-37-33(34)38-26-30-20-22-32(36-4)24-28(30)18-16-14-12-10-8-6-2;1-5-9(6-2,7-3)8-4/h19-24H,5-18,25-26H2,1-4H3;5-8H2,1-4H3/q-1;+1. The second-order valence-electron chi connectivity index (χ2n) is 12.8. The van der Waals surface area contributed by atoms with Crippen molar-refractivity contribution in [3.05, 3.63) is 58.7 Å². The molecule has 2 aromatic rings. The third-order valence-electron chi connectivity index (χ3n) is 9.86. The van der Waals surface area contributed by atoms with Gasteiger partial charge in [-0.15, -0.1) is 0 Å². The molecule has 47 heavy (non-hydrogen) atoms. The molecule has 7 heteroatoms. The highest BCUT2D eigenvalue weighted by molar-refractivity contribution is 6.32. The number of hydrogen-bond donors (Lipinski definition) is 0. The smallest absolute Gasteiger partial charge is 0.345 e. The van der Waals surface area contributed by atoms with Gasteiger partial charge in [0.15, 0.2) is 0 Å². The molecule has 0 saturated heterocycles. The molecule has 2 rings (SSSR count). The van der Waals surface area contributed by atoms with E-state index in [0.717, 1.165) is 48.3 Å². The van der Waals surface area contributed by atoms with E-state index in [4.69, 9.17) is 18.8 Å². The first-order valence-corrected chi connectivity index (χ1v) is 18.9. The summed E-state index contributed by atoms with van der Waals surface area (Å²) in [6.45, 7) is 19.2. The second-order valence-corrected chi connectivity index (χ2v) is 12.8. The molecule has 0 atom stereocenters. The Morgan fingerprint density at radius 2 is 0.872 bits per heavy atom. The zero-order valence-corrected chi connectivity index (χ0v) is 31.7. The van der Waals surface area contributed by atoms with Crippen molar-refractivity contribution in [3.63, 3.8) is 0 Å². The Balaban J connectivity index is 0.00000107. The fraction of sp³-hybridized carbons (Fsp3) is 0.700. The van der Waals surface area contributed by atoms with E-state index in [2.05, 4.69) is 53.7 Å². The summed E-state index contributed by atoms with van der Waals surface area (Å²) in [6, 6.07) is 12.0. The highest BCUT2D eigenvalue weighted by Crippen LogP contribution is 2.23. The lowest BCUT2D eigenvalue weighted by atomic mass is 9.99. The molecular weight excluding hydrogens is 585 g/mol. The van der Waals surface area contributed by atoms with Gasteiger partial charge in [-0.25, -0.2) is 0 Å². The van der Waals surface area contributed by atoms with Gasteiger partial charge in [0, 0.05) is 0 Å². The third kappa shape index (κ3) is 17.8. The molecule has 0 fully saturated rings. The Kier molecular flexibility index (Phi) is 24.5. The number of rotatable bonds is 26. The van der Waals surface area contributed by atoms with Crippen molar-refractivity contribution in [2.45, 2.75) is 145 Å². The van der Waals surface area contributed by atoms with Crippen molar-refractivity contribution in [1.29, 1.82) is 0 Å². The minimum atomic E-state index is -1.54. The van der Waals surface area contributed by atoms with Crippen molar-refractivity contribution in [3.8, 4) is 11.5 Å². The molecular formula is C40H70BNO5. The van der Waals surface area contributed by atoms with Crippen LogP contribution >= 0.6 is 0 Å². The molecule has 0 aliphatic rings. The minimum absolute atomic E-state index is 0.233. The van der Waals surface area contributed by atoms with E-state index in [1.807, 2.05) is 24.3 Å². The lowest BCUT2D eigenvalue weighted by Gasteiger charge is -2.34. The van der Waals surface area contributed by atoms with Gasteiger partial charge in [-0.05, 0) is 99.9 Å². The van der Waals surface area contributed by atoms with Gasteiger partial charge in [0.2, 0.25) is 0 Å². The number of unbranched alkanes of at least 4 members (excludes halogenated alkanes) is 10. The summed E-state index contributed by atoms with van der Waals surface area (Å²) in [6.07, 6.45) is 16.9. The zero-order valence-electron chi connectivity index (χ0n) is 31.7. The van der Waals surface area contributed by atoms with Crippen molar-refractivity contribution in [1.82, 2.24) is 0 Å². The second kappa shape index (κ2) is 26.8. The molecule has 268 valence electrons. The summed E-state index contributed by atoms with van der Waals surface area (Å²) in [7, 11) is 1.83. The van der Waals surface area contributed by atoms with Crippen LogP contribution in [0.1, 0.15) is 141 Å². The van der Waals surface area contributed by atoms with Crippen LogP contribution in [-0.2, 0) is 35.4 Å². The largest absolute Gasteiger partial charge is 0.832 e. The molecule has 0 aliphatic heterocycles. The van der Waals surface area contributed by atoms with Gasteiger partial charge in [0.05, 0.1) is 53.6 Å². The van der Waals surface area contributed by atoms with E-state index in [1.54, 1.807) is 14.2 Å². The average molecular weight is 656 g/mol. The Bertz CT molecular complexity index is 956. The van der Waals surface area contributed by atoms with Crippen LogP contribution in [0.4, 0.5) is 0 Å². The van der Waals surface area contributed by atoms with Crippen molar-refractivity contribution >= 4 is 7.32 Å². The number of quaternary nitrogens is 1. The molecule has 0 bridgehead atoms. The van der Waals surface area contributed by atoms with Crippen LogP contribution in [0.2, 0.25) is 0 Å². The number of aryl methyl sites for hydroxylation is 2. The van der Waals surface area contributed by atoms with Gasteiger partial charge in [0.25, 0.3) is 0 Å². The van der Waals surface area contributed by atoms with Crippen LogP contribution in [0.15, 0.2) is 36.4 Å². The first-order chi connectivity index (χ1) is 22.8. The summed E-state index contributed by atoms with van der Waals surface area (Å²) < 4.78 is 23.3. The van der Waals surface area contributed by atoms with E-state index in [0.29, 0.717) is 0 Å². The highest BCUT2D eigenvalue weighted by atomic mass is 16.7. The third-order valence-corrected chi connectivity index (χ3v) is 9.86. The summed E-state index contributed by atoms with van der Waals surface area (Å²) in [4.78, 5) is 0. The maximum absolute atomic E-state index is 12.6. The quantitative estimate of drug-likeness (QED) is 0.0574. The number of methoxy groups -OCH3 is 2. The minimum Gasteiger partial charge on any atom is -0.832 e. The summed E-state index contributed by atoms with van der Waals surface area (Å²) >= 11 is 0. The molecule has 6 nitrogen and oxygen atoms in total. The molecule has 0 aliphatic carbocycles. The first-order valence-electron chi connectivity index (χ1n) is 18.9. The molecule has 2 aromatic carbocycles. The number of benzene rings is 2. The van der Waals surface area contributed by atoms with E-state index in [1.165, 1.54) is 106 Å². The van der Waals surface area contributed by atoms with Gasteiger partial charge >= 0.3 is 7.32 Å². The maximum atomic E-state index is 12.6. The van der Waals surface area contributed by atoms with Crippen molar-refractivity contribution in [2.75, 3.05) is 40.4 Å². The Morgan fingerprint density at radius 1 is 0.511 bits per heavy atom. The van der Waals surface area contributed by atoms with E-state index in [-0.39, 0.29) is 13.2 Å². The predicted octanol–water partition coefficient (Wildman–Crippen LogP) is 9.47. The summed E-state index contributed by atoms with van der Waals surface area (Å²) in [5, 5.41) is 12.6. The molecule has 0 aromatic heterocycles. The Morgan fingerprint density at radius 3 is 1.19 bits per heavy atom. The monoisotopic (exact) mass is 656 g/mol. The topological polar surface area (TPSA) is 60.0 Å².